The van der Waals surface area contributed by atoms with Crippen LogP contribution < -0.4 is 21.1 Å². The van der Waals surface area contributed by atoms with Gasteiger partial charge in [0.05, 0.1) is 31.1 Å². The van der Waals surface area contributed by atoms with E-state index in [1.165, 1.54) is 17.3 Å². The predicted octanol–water partition coefficient (Wildman–Crippen LogP) is 3.11. The number of nitrogens with one attached hydrogen (secondary N) is 2. The lowest BCUT2D eigenvalue weighted by molar-refractivity contribution is 0.0853. The van der Waals surface area contributed by atoms with Crippen molar-refractivity contribution in [2.24, 2.45) is 17.6 Å². The zero-order chi connectivity index (χ0) is 26.1. The normalized spacial score (nSPS) is 25.3. The summed E-state index contributed by atoms with van der Waals surface area (Å²) in [4.78, 5) is 22.7. The number of hydrogen-bond acceptors (Lipinski definition) is 9. The number of halogens is 1. The molecule has 3 aliphatic rings. The van der Waals surface area contributed by atoms with E-state index >= 15 is 0 Å². The second-order valence-electron chi connectivity index (χ2n) is 10.0. The first-order chi connectivity index (χ1) is 17.8. The van der Waals surface area contributed by atoms with Gasteiger partial charge in [0.15, 0.2) is 5.82 Å². The van der Waals surface area contributed by atoms with Crippen LogP contribution in [0.4, 0.5) is 22.2 Å². The van der Waals surface area contributed by atoms with E-state index in [4.69, 9.17) is 26.8 Å². The van der Waals surface area contributed by atoms with E-state index in [0.717, 1.165) is 38.0 Å². The average molecular weight is 529 g/mol. The molecule has 1 aliphatic heterocycles. The topological polar surface area (TPSA) is 135 Å². The Morgan fingerprint density at radius 3 is 2.70 bits per heavy atom. The molecular formula is C26H33ClN6O4. The van der Waals surface area contributed by atoms with Crippen LogP contribution in [-0.4, -0.2) is 71.1 Å². The summed E-state index contributed by atoms with van der Waals surface area (Å²) in [6.45, 7) is 4.25. The number of rotatable bonds is 8. The Bertz CT molecular complexity index is 1190. The molecule has 2 bridgehead atoms. The molecule has 2 heterocycles. The monoisotopic (exact) mass is 528 g/mol. The lowest BCUT2D eigenvalue weighted by Gasteiger charge is -2.28. The highest BCUT2D eigenvalue weighted by Crippen LogP contribution is 2.43. The number of benzene rings is 1. The van der Waals surface area contributed by atoms with E-state index in [1.54, 1.807) is 7.11 Å². The van der Waals surface area contributed by atoms with Crippen molar-refractivity contribution >= 4 is 35.1 Å². The van der Waals surface area contributed by atoms with Crippen LogP contribution in [-0.2, 0) is 17.6 Å². The van der Waals surface area contributed by atoms with Gasteiger partial charge in [-0.2, -0.15) is 4.98 Å². The Balaban J connectivity index is 1.35. The van der Waals surface area contributed by atoms with Gasteiger partial charge in [-0.1, -0.05) is 23.8 Å². The highest BCUT2D eigenvalue weighted by molar-refractivity contribution is 6.32. The molecule has 198 valence electrons. The summed E-state index contributed by atoms with van der Waals surface area (Å²) in [5.74, 6) is 1.82. The number of methoxy groups -OCH3 is 1. The molecule has 5 atom stereocenters. The number of carbonyl (C=O) groups excluding carboxylic acids is 1. The van der Waals surface area contributed by atoms with Gasteiger partial charge in [0.25, 0.3) is 0 Å². The van der Waals surface area contributed by atoms with Crippen LogP contribution in [0.5, 0.6) is 5.75 Å². The summed E-state index contributed by atoms with van der Waals surface area (Å²) in [6.07, 6.45) is 6.84. The fourth-order valence-electron chi connectivity index (χ4n) is 5.69. The summed E-state index contributed by atoms with van der Waals surface area (Å²) in [6, 6.07) is 3.96. The standard InChI is InChI=1S/C26H33ClN6O4/c1-14(34)13-33-7-5-15-10-20(21(36-2)11-16(15)6-8-33)30-26-29-12-19(27)24(32-26)31-22-17-3-4-18(9-17)23(22)37-25(28)35/h3-4,10-12,14,17-18,22-23,34H,5-9,13H2,1-2H3,(H2,28,35)(H2,29,30,31,32)/t14-,17+,18-,22-,23+/m1/s1. The molecule has 5 N–H and O–H groups in total. The van der Waals surface area contributed by atoms with E-state index in [2.05, 4.69) is 49.8 Å². The second kappa shape index (κ2) is 10.7. The van der Waals surface area contributed by atoms with Crippen molar-refractivity contribution in [3.63, 3.8) is 0 Å². The first kappa shape index (κ1) is 25.6. The minimum atomic E-state index is -0.793. The van der Waals surface area contributed by atoms with Crippen LogP contribution >= 0.6 is 11.6 Å². The molecule has 11 heteroatoms. The fraction of sp³-hybridized carbons (Fsp3) is 0.500. The maximum Gasteiger partial charge on any atom is 0.404 e. The Morgan fingerprint density at radius 2 is 2.00 bits per heavy atom. The van der Waals surface area contributed by atoms with E-state index in [1.807, 2.05) is 6.92 Å². The third-order valence-electron chi connectivity index (χ3n) is 7.37. The molecule has 1 aromatic heterocycles. The molecule has 0 saturated heterocycles. The molecule has 1 fully saturated rings. The molecule has 37 heavy (non-hydrogen) atoms. The smallest absolute Gasteiger partial charge is 0.404 e. The van der Waals surface area contributed by atoms with E-state index in [9.17, 15) is 9.90 Å². The third kappa shape index (κ3) is 5.61. The molecule has 0 unspecified atom stereocenters. The molecule has 1 aromatic carbocycles. The first-order valence-electron chi connectivity index (χ1n) is 12.6. The van der Waals surface area contributed by atoms with Crippen molar-refractivity contribution in [1.82, 2.24) is 14.9 Å². The van der Waals surface area contributed by atoms with Crippen molar-refractivity contribution in [3.05, 3.63) is 46.6 Å². The van der Waals surface area contributed by atoms with Gasteiger partial charge in [-0.15, -0.1) is 0 Å². The number of ether oxygens (including phenoxy) is 2. The van der Waals surface area contributed by atoms with Crippen LogP contribution in [0.25, 0.3) is 0 Å². The Hall–Kier alpha value is -3.08. The predicted molar refractivity (Wildman–Crippen MR) is 141 cm³/mol. The highest BCUT2D eigenvalue weighted by Gasteiger charge is 2.47. The number of aliphatic hydroxyl groups excluding tert-OH is 1. The second-order valence-corrected chi connectivity index (χ2v) is 10.4. The van der Waals surface area contributed by atoms with Crippen LogP contribution in [0.3, 0.4) is 0 Å². The van der Waals surface area contributed by atoms with E-state index in [-0.39, 0.29) is 30.1 Å². The van der Waals surface area contributed by atoms with Gasteiger partial charge >= 0.3 is 6.09 Å². The van der Waals surface area contributed by atoms with Crippen molar-refractivity contribution in [3.8, 4) is 5.75 Å². The lowest BCUT2D eigenvalue weighted by Crippen LogP contribution is -2.41. The van der Waals surface area contributed by atoms with Gasteiger partial charge in [-0.3, -0.25) is 0 Å². The molecular weight excluding hydrogens is 496 g/mol. The van der Waals surface area contributed by atoms with Crippen molar-refractivity contribution in [2.45, 2.75) is 44.4 Å². The number of fused-ring (bicyclic) bond motifs is 3. The quantitative estimate of drug-likeness (QED) is 0.381. The number of amides is 1. The van der Waals surface area contributed by atoms with Crippen molar-refractivity contribution in [1.29, 1.82) is 0 Å². The number of anilines is 3. The summed E-state index contributed by atoms with van der Waals surface area (Å²) in [5.41, 5.74) is 8.54. The number of β-amino-alcohol motifs (C(OH)–C–C–N with tert-alkyl or cyclic N) is 1. The minimum absolute atomic E-state index is 0.119. The van der Waals surface area contributed by atoms with Gasteiger partial charge in [-0.25, -0.2) is 9.78 Å². The Labute approximate surface area is 221 Å². The van der Waals surface area contributed by atoms with Gasteiger partial charge in [0.2, 0.25) is 5.95 Å². The zero-order valence-corrected chi connectivity index (χ0v) is 21.7. The number of nitrogens with two attached hydrogens (primary N) is 1. The minimum Gasteiger partial charge on any atom is -0.495 e. The largest absolute Gasteiger partial charge is 0.495 e. The maximum atomic E-state index is 11.5. The molecule has 1 amide bonds. The van der Waals surface area contributed by atoms with Crippen LogP contribution in [0, 0.1) is 11.8 Å². The Kier molecular flexibility index (Phi) is 7.41. The fourth-order valence-corrected chi connectivity index (χ4v) is 5.84. The molecule has 0 spiro atoms. The molecule has 2 aromatic rings. The lowest BCUT2D eigenvalue weighted by atomic mass is 9.98. The molecule has 1 saturated carbocycles. The third-order valence-corrected chi connectivity index (χ3v) is 7.65. The summed E-state index contributed by atoms with van der Waals surface area (Å²) in [7, 11) is 1.64. The van der Waals surface area contributed by atoms with Crippen molar-refractivity contribution < 1.29 is 19.4 Å². The number of carbonyl (C=O) groups is 1. The Morgan fingerprint density at radius 1 is 1.27 bits per heavy atom. The SMILES string of the molecule is COc1cc2c(cc1Nc1ncc(Cl)c(N[C@H]3[C@@H](OC(N)=O)[C@@H]4C=C[C@H]3C4)n1)CCN(C[C@@H](C)O)CC2. The summed E-state index contributed by atoms with van der Waals surface area (Å²) >= 11 is 6.44. The average Bonchev–Trinajstić information content (AvgIpc) is 3.39. The number of primary amides is 1. The molecule has 2 aliphatic carbocycles. The van der Waals surface area contributed by atoms with Crippen LogP contribution in [0.15, 0.2) is 30.5 Å². The van der Waals surface area contributed by atoms with E-state index < -0.39 is 6.09 Å². The van der Waals surface area contributed by atoms with Crippen LogP contribution in [0.2, 0.25) is 5.02 Å². The number of aliphatic hydroxyl groups is 1. The first-order valence-corrected chi connectivity index (χ1v) is 13.0. The van der Waals surface area contributed by atoms with Crippen molar-refractivity contribution in [2.75, 3.05) is 37.4 Å². The van der Waals surface area contributed by atoms with E-state index in [0.29, 0.717) is 29.1 Å². The number of nitrogens with zero attached hydrogens (tertiary/aromatic N) is 3. The summed E-state index contributed by atoms with van der Waals surface area (Å²) in [5, 5.41) is 16.8. The van der Waals surface area contributed by atoms with Gasteiger partial charge in [0.1, 0.15) is 16.9 Å². The summed E-state index contributed by atoms with van der Waals surface area (Å²) < 4.78 is 11.1. The molecule has 10 nitrogen and oxygen atoms in total. The highest BCUT2D eigenvalue weighted by atomic mass is 35.5. The van der Waals surface area contributed by atoms with Gasteiger partial charge in [0, 0.05) is 31.5 Å². The molecule has 5 rings (SSSR count). The van der Waals surface area contributed by atoms with Gasteiger partial charge in [-0.05, 0) is 49.4 Å². The zero-order valence-electron chi connectivity index (χ0n) is 21.0. The number of aromatic nitrogens is 2. The van der Waals surface area contributed by atoms with Gasteiger partial charge < -0.3 is 35.8 Å². The molecule has 0 radical (unpaired) electrons. The maximum absolute atomic E-state index is 11.5. The number of hydrogen-bond donors (Lipinski definition) is 4. The van der Waals surface area contributed by atoms with Crippen LogP contribution in [0.1, 0.15) is 24.5 Å².